The van der Waals surface area contributed by atoms with Gasteiger partial charge in [0.2, 0.25) is 0 Å². The van der Waals surface area contributed by atoms with Crippen LogP contribution in [0.3, 0.4) is 0 Å². The van der Waals surface area contributed by atoms with Crippen LogP contribution in [-0.4, -0.2) is 16.8 Å². The summed E-state index contributed by atoms with van der Waals surface area (Å²) in [5, 5.41) is 3.91. The fourth-order valence-corrected chi connectivity index (χ4v) is 4.48. The van der Waals surface area contributed by atoms with Crippen LogP contribution in [0.25, 0.3) is 0 Å². The van der Waals surface area contributed by atoms with Crippen molar-refractivity contribution in [1.29, 1.82) is 0 Å². The van der Waals surface area contributed by atoms with Gasteiger partial charge in [-0.05, 0) is 18.9 Å². The quantitative estimate of drug-likeness (QED) is 0.754. The van der Waals surface area contributed by atoms with Gasteiger partial charge in [-0.2, -0.15) is 0 Å². The van der Waals surface area contributed by atoms with Gasteiger partial charge in [0, 0.05) is 5.33 Å². The predicted octanol–water partition coefficient (Wildman–Crippen LogP) is 4.88. The van der Waals surface area contributed by atoms with Crippen LogP contribution in [0.4, 0.5) is 0 Å². The summed E-state index contributed by atoms with van der Waals surface area (Å²) in [5.41, 5.74) is 0.352. The molecule has 0 unspecified atom stereocenters. The zero-order chi connectivity index (χ0) is 13.2. The summed E-state index contributed by atoms with van der Waals surface area (Å²) >= 11 is 16.6. The van der Waals surface area contributed by atoms with Crippen molar-refractivity contribution < 1.29 is 4.79 Å². The smallest absolute Gasteiger partial charge is 0.254 e. The molecular formula is C12H14BrCl2NOS. The molecule has 1 N–H and O–H groups in total. The van der Waals surface area contributed by atoms with Gasteiger partial charge in [0.05, 0.1) is 15.4 Å². The molecule has 0 saturated heterocycles. The van der Waals surface area contributed by atoms with Crippen LogP contribution in [0.15, 0.2) is 6.07 Å². The largest absolute Gasteiger partial charge is 0.346 e. The summed E-state index contributed by atoms with van der Waals surface area (Å²) in [6.07, 6.45) is 5.59. The van der Waals surface area contributed by atoms with Crippen molar-refractivity contribution >= 4 is 56.4 Å². The third kappa shape index (κ3) is 3.21. The van der Waals surface area contributed by atoms with Gasteiger partial charge in [0.25, 0.3) is 5.91 Å². The maximum absolute atomic E-state index is 12.2. The van der Waals surface area contributed by atoms with E-state index in [4.69, 9.17) is 23.2 Å². The molecule has 1 aromatic heterocycles. The standard InChI is InChI=1S/C12H14BrCl2NOS/c13-7-12(4-2-1-3-5-12)16-11(17)8-6-9(14)18-10(8)15/h6H,1-5,7H2,(H,16,17). The summed E-state index contributed by atoms with van der Waals surface area (Å²) in [6.45, 7) is 0. The van der Waals surface area contributed by atoms with E-state index in [1.807, 2.05) is 0 Å². The lowest BCUT2D eigenvalue weighted by atomic mass is 9.83. The summed E-state index contributed by atoms with van der Waals surface area (Å²) in [5.74, 6) is -0.121. The second-order valence-electron chi connectivity index (χ2n) is 4.67. The van der Waals surface area contributed by atoms with Crippen LogP contribution in [-0.2, 0) is 0 Å². The molecule has 1 aromatic rings. The minimum atomic E-state index is -0.132. The summed E-state index contributed by atoms with van der Waals surface area (Å²) in [6, 6.07) is 1.63. The van der Waals surface area contributed by atoms with Gasteiger partial charge in [-0.25, -0.2) is 0 Å². The first-order valence-electron chi connectivity index (χ1n) is 5.90. The first-order valence-corrected chi connectivity index (χ1v) is 8.59. The Hall–Kier alpha value is 0.230. The maximum atomic E-state index is 12.2. The molecule has 1 fully saturated rings. The average molecular weight is 371 g/mol. The molecule has 0 radical (unpaired) electrons. The molecule has 1 amide bonds. The number of rotatable bonds is 3. The lowest BCUT2D eigenvalue weighted by Crippen LogP contribution is -2.51. The number of carbonyl (C=O) groups excluding carboxylic acids is 1. The molecule has 2 rings (SSSR count). The van der Waals surface area contributed by atoms with Crippen molar-refractivity contribution in [3.63, 3.8) is 0 Å². The molecule has 2 nitrogen and oxygen atoms in total. The number of amides is 1. The van der Waals surface area contributed by atoms with Crippen LogP contribution in [0.2, 0.25) is 8.67 Å². The predicted molar refractivity (Wildman–Crippen MR) is 81.4 cm³/mol. The number of alkyl halides is 1. The molecule has 0 atom stereocenters. The van der Waals surface area contributed by atoms with Crippen molar-refractivity contribution in [2.24, 2.45) is 0 Å². The van der Waals surface area contributed by atoms with Crippen molar-refractivity contribution in [2.45, 2.75) is 37.6 Å². The second kappa shape index (κ2) is 6.12. The lowest BCUT2D eigenvalue weighted by Gasteiger charge is -2.36. The summed E-state index contributed by atoms with van der Waals surface area (Å²) < 4.78 is 1.000. The van der Waals surface area contributed by atoms with E-state index in [1.165, 1.54) is 17.8 Å². The maximum Gasteiger partial charge on any atom is 0.254 e. The Kier molecular flexibility index (Phi) is 4.98. The van der Waals surface area contributed by atoms with E-state index in [-0.39, 0.29) is 11.4 Å². The van der Waals surface area contributed by atoms with Crippen molar-refractivity contribution in [2.75, 3.05) is 5.33 Å². The van der Waals surface area contributed by atoms with E-state index >= 15 is 0 Å². The molecule has 1 heterocycles. The summed E-state index contributed by atoms with van der Waals surface area (Å²) in [7, 11) is 0. The Morgan fingerprint density at radius 3 is 2.56 bits per heavy atom. The molecule has 1 aliphatic carbocycles. The van der Waals surface area contributed by atoms with E-state index in [0.29, 0.717) is 14.2 Å². The number of nitrogens with one attached hydrogen (secondary N) is 1. The number of thiophene rings is 1. The Morgan fingerprint density at radius 2 is 2.06 bits per heavy atom. The molecule has 0 bridgehead atoms. The molecule has 100 valence electrons. The fourth-order valence-electron chi connectivity index (χ4n) is 2.32. The molecule has 0 aliphatic heterocycles. The summed E-state index contributed by atoms with van der Waals surface area (Å²) in [4.78, 5) is 12.2. The van der Waals surface area contributed by atoms with Crippen LogP contribution >= 0.6 is 50.5 Å². The SMILES string of the molecule is O=C(NC1(CBr)CCCCC1)c1cc(Cl)sc1Cl. The van der Waals surface area contributed by atoms with Crippen LogP contribution < -0.4 is 5.32 Å². The van der Waals surface area contributed by atoms with Crippen molar-refractivity contribution in [3.8, 4) is 0 Å². The Balaban J connectivity index is 2.12. The number of carbonyl (C=O) groups is 1. The van der Waals surface area contributed by atoms with Gasteiger partial charge >= 0.3 is 0 Å². The van der Waals surface area contributed by atoms with Gasteiger partial charge in [0.15, 0.2) is 0 Å². The first kappa shape index (κ1) is 14.6. The van der Waals surface area contributed by atoms with Gasteiger partial charge in [-0.1, -0.05) is 58.4 Å². The highest BCUT2D eigenvalue weighted by molar-refractivity contribution is 9.09. The normalized spacial score (nSPS) is 18.6. The minimum absolute atomic E-state index is 0.121. The van der Waals surface area contributed by atoms with Gasteiger partial charge in [0.1, 0.15) is 4.34 Å². The third-order valence-electron chi connectivity index (χ3n) is 3.35. The van der Waals surface area contributed by atoms with Crippen LogP contribution in [0.5, 0.6) is 0 Å². The Labute approximate surface area is 129 Å². The fraction of sp³-hybridized carbons (Fsp3) is 0.583. The zero-order valence-electron chi connectivity index (χ0n) is 9.77. The highest BCUT2D eigenvalue weighted by Gasteiger charge is 2.33. The number of halogens is 3. The minimum Gasteiger partial charge on any atom is -0.346 e. The molecule has 1 aliphatic rings. The van der Waals surface area contributed by atoms with E-state index < -0.39 is 0 Å². The van der Waals surface area contributed by atoms with Crippen molar-refractivity contribution in [1.82, 2.24) is 5.32 Å². The molecule has 0 aromatic carbocycles. The highest BCUT2D eigenvalue weighted by Crippen LogP contribution is 2.33. The Bertz CT molecular complexity index is 443. The monoisotopic (exact) mass is 369 g/mol. The topological polar surface area (TPSA) is 29.1 Å². The Morgan fingerprint density at radius 1 is 1.39 bits per heavy atom. The number of hydrogen-bond donors (Lipinski definition) is 1. The second-order valence-corrected chi connectivity index (χ2v) is 7.51. The molecule has 1 saturated carbocycles. The van der Waals surface area contributed by atoms with Crippen LogP contribution in [0.1, 0.15) is 42.5 Å². The van der Waals surface area contributed by atoms with E-state index in [9.17, 15) is 4.79 Å². The molecule has 0 spiro atoms. The van der Waals surface area contributed by atoms with Crippen molar-refractivity contribution in [3.05, 3.63) is 20.3 Å². The molecular weight excluding hydrogens is 357 g/mol. The third-order valence-corrected chi connectivity index (χ3v) is 5.91. The van der Waals surface area contributed by atoms with Gasteiger partial charge in [-0.15, -0.1) is 11.3 Å². The molecule has 18 heavy (non-hydrogen) atoms. The lowest BCUT2D eigenvalue weighted by molar-refractivity contribution is 0.0887. The average Bonchev–Trinajstić information content (AvgIpc) is 2.70. The van der Waals surface area contributed by atoms with Gasteiger partial charge < -0.3 is 5.32 Å². The highest BCUT2D eigenvalue weighted by atomic mass is 79.9. The zero-order valence-corrected chi connectivity index (χ0v) is 13.7. The van der Waals surface area contributed by atoms with Crippen LogP contribution in [0, 0.1) is 0 Å². The van der Waals surface area contributed by atoms with E-state index in [0.717, 1.165) is 31.0 Å². The van der Waals surface area contributed by atoms with E-state index in [2.05, 4.69) is 21.2 Å². The van der Waals surface area contributed by atoms with Gasteiger partial charge in [-0.3, -0.25) is 4.79 Å². The molecule has 6 heteroatoms. The van der Waals surface area contributed by atoms with E-state index in [1.54, 1.807) is 6.07 Å². The first-order chi connectivity index (χ1) is 8.56. The number of hydrogen-bond acceptors (Lipinski definition) is 2.